The molecule has 0 radical (unpaired) electrons. The second-order valence-corrected chi connectivity index (χ2v) is 5.21. The minimum Gasteiger partial charge on any atom is -0.316 e. The van der Waals surface area contributed by atoms with Gasteiger partial charge in [0.15, 0.2) is 0 Å². The third-order valence-corrected chi connectivity index (χ3v) is 3.31. The van der Waals surface area contributed by atoms with Crippen LogP contribution in [-0.4, -0.2) is 30.7 Å². The Morgan fingerprint density at radius 2 is 2.00 bits per heavy atom. The van der Waals surface area contributed by atoms with E-state index in [2.05, 4.69) is 5.32 Å². The van der Waals surface area contributed by atoms with Gasteiger partial charge in [-0.3, -0.25) is 4.90 Å². The van der Waals surface area contributed by atoms with Gasteiger partial charge in [0.1, 0.15) is 5.82 Å². The highest BCUT2D eigenvalue weighted by Crippen LogP contribution is 2.31. The molecule has 0 spiro atoms. The molecule has 1 aromatic rings. The number of halogens is 4. The molecule has 112 valence electrons. The van der Waals surface area contributed by atoms with E-state index in [0.29, 0.717) is 12.1 Å². The molecule has 2 nitrogen and oxygen atoms in total. The van der Waals surface area contributed by atoms with E-state index in [1.54, 1.807) is 19.2 Å². The molecule has 1 N–H and O–H groups in total. The molecule has 0 aromatic heterocycles. The lowest BCUT2D eigenvalue weighted by Gasteiger charge is -2.23. The summed E-state index contributed by atoms with van der Waals surface area (Å²) < 4.78 is 51.4. The molecular formula is C14H18F4N2. The Hall–Kier alpha value is -1.14. The Morgan fingerprint density at radius 3 is 2.55 bits per heavy atom. The summed E-state index contributed by atoms with van der Waals surface area (Å²) in [5.41, 5.74) is 1.19. The summed E-state index contributed by atoms with van der Waals surface area (Å²) in [6.07, 6.45) is -2.73. The Balaban J connectivity index is 2.11. The van der Waals surface area contributed by atoms with Crippen LogP contribution < -0.4 is 5.32 Å². The molecular weight excluding hydrogens is 272 g/mol. The summed E-state index contributed by atoms with van der Waals surface area (Å²) in [4.78, 5) is 1.32. The zero-order chi connectivity index (χ0) is 14.8. The summed E-state index contributed by atoms with van der Waals surface area (Å²) in [5, 5.41) is 2.94. The van der Waals surface area contributed by atoms with Gasteiger partial charge in [-0.1, -0.05) is 12.1 Å². The SMILES string of the molecule is CNCc1ccc(F)c(CN(CC(F)(F)F)C2CC2)c1. The molecule has 1 aliphatic carbocycles. The molecule has 0 unspecified atom stereocenters. The van der Waals surface area contributed by atoms with Gasteiger partial charge < -0.3 is 5.32 Å². The van der Waals surface area contributed by atoms with E-state index in [1.807, 2.05) is 0 Å². The second-order valence-electron chi connectivity index (χ2n) is 5.21. The van der Waals surface area contributed by atoms with Gasteiger partial charge in [-0.05, 0) is 31.5 Å². The Bertz CT molecular complexity index is 455. The van der Waals surface area contributed by atoms with Crippen molar-refractivity contribution in [2.45, 2.75) is 38.1 Å². The van der Waals surface area contributed by atoms with Gasteiger partial charge in [0, 0.05) is 24.7 Å². The smallest absolute Gasteiger partial charge is 0.316 e. The van der Waals surface area contributed by atoms with Crippen LogP contribution in [0, 0.1) is 5.82 Å². The largest absolute Gasteiger partial charge is 0.401 e. The number of nitrogens with zero attached hydrogens (tertiary/aromatic N) is 1. The number of hydrogen-bond acceptors (Lipinski definition) is 2. The highest BCUT2D eigenvalue weighted by molar-refractivity contribution is 5.25. The Morgan fingerprint density at radius 1 is 1.30 bits per heavy atom. The lowest BCUT2D eigenvalue weighted by Crippen LogP contribution is -2.35. The van der Waals surface area contributed by atoms with Crippen LogP contribution in [0.5, 0.6) is 0 Å². The average Bonchev–Trinajstić information content (AvgIpc) is 3.15. The van der Waals surface area contributed by atoms with E-state index < -0.39 is 18.5 Å². The van der Waals surface area contributed by atoms with Gasteiger partial charge in [0.05, 0.1) is 6.54 Å². The maximum Gasteiger partial charge on any atom is 0.401 e. The molecule has 1 aromatic carbocycles. The average molecular weight is 290 g/mol. The van der Waals surface area contributed by atoms with Crippen molar-refractivity contribution >= 4 is 0 Å². The van der Waals surface area contributed by atoms with Gasteiger partial charge >= 0.3 is 6.18 Å². The molecule has 1 saturated carbocycles. The number of alkyl halides is 3. The molecule has 0 heterocycles. The summed E-state index contributed by atoms with van der Waals surface area (Å²) >= 11 is 0. The normalized spacial score (nSPS) is 15.9. The maximum atomic E-state index is 13.8. The molecule has 1 aliphatic rings. The van der Waals surface area contributed by atoms with E-state index in [1.165, 1.54) is 11.0 Å². The van der Waals surface area contributed by atoms with Crippen LogP contribution >= 0.6 is 0 Å². The molecule has 1 fully saturated rings. The molecule has 0 atom stereocenters. The zero-order valence-corrected chi connectivity index (χ0v) is 11.3. The van der Waals surface area contributed by atoms with Crippen molar-refractivity contribution in [1.29, 1.82) is 0 Å². The molecule has 20 heavy (non-hydrogen) atoms. The van der Waals surface area contributed by atoms with Gasteiger partial charge in [-0.2, -0.15) is 13.2 Å². The van der Waals surface area contributed by atoms with Crippen molar-refractivity contribution in [2.24, 2.45) is 0 Å². The quantitative estimate of drug-likeness (QED) is 0.810. The number of benzene rings is 1. The van der Waals surface area contributed by atoms with E-state index in [9.17, 15) is 17.6 Å². The summed E-state index contributed by atoms with van der Waals surface area (Å²) in [5.74, 6) is -0.447. The van der Waals surface area contributed by atoms with Crippen molar-refractivity contribution in [3.8, 4) is 0 Å². The van der Waals surface area contributed by atoms with Crippen LogP contribution in [0.15, 0.2) is 18.2 Å². The maximum absolute atomic E-state index is 13.8. The third-order valence-electron chi connectivity index (χ3n) is 3.31. The summed E-state index contributed by atoms with van der Waals surface area (Å²) in [6.45, 7) is -0.406. The van der Waals surface area contributed by atoms with Crippen LogP contribution in [0.3, 0.4) is 0 Å². The van der Waals surface area contributed by atoms with Crippen LogP contribution in [0.4, 0.5) is 17.6 Å². The number of nitrogens with one attached hydrogen (secondary N) is 1. The van der Waals surface area contributed by atoms with Crippen LogP contribution in [0.25, 0.3) is 0 Å². The van der Waals surface area contributed by atoms with E-state index in [4.69, 9.17) is 0 Å². The minimum absolute atomic E-state index is 0.00750. The summed E-state index contributed by atoms with van der Waals surface area (Å²) in [6, 6.07) is 4.53. The van der Waals surface area contributed by atoms with Gasteiger partial charge in [0.2, 0.25) is 0 Å². The van der Waals surface area contributed by atoms with Crippen molar-refractivity contribution in [1.82, 2.24) is 10.2 Å². The first-order chi connectivity index (χ1) is 9.39. The Labute approximate surface area is 115 Å². The predicted molar refractivity (Wildman–Crippen MR) is 68.7 cm³/mol. The fraction of sp³-hybridized carbons (Fsp3) is 0.571. The standard InChI is InChI=1S/C14H18F4N2/c1-19-7-10-2-5-13(15)11(6-10)8-20(12-3-4-12)9-14(16,17)18/h2,5-6,12,19H,3-4,7-9H2,1H3. The second kappa shape index (κ2) is 6.10. The molecule has 2 rings (SSSR count). The van der Waals surface area contributed by atoms with Crippen LogP contribution in [0.2, 0.25) is 0 Å². The first kappa shape index (κ1) is 15.3. The van der Waals surface area contributed by atoms with Gasteiger partial charge in [-0.25, -0.2) is 4.39 Å². The first-order valence-electron chi connectivity index (χ1n) is 6.62. The minimum atomic E-state index is -4.25. The predicted octanol–water partition coefficient (Wildman–Crippen LogP) is 3.07. The van der Waals surface area contributed by atoms with E-state index in [-0.39, 0.29) is 12.6 Å². The number of rotatable bonds is 6. The first-order valence-corrected chi connectivity index (χ1v) is 6.62. The molecule has 0 aliphatic heterocycles. The van der Waals surface area contributed by atoms with Gasteiger partial charge in [0.25, 0.3) is 0 Å². The van der Waals surface area contributed by atoms with Crippen molar-refractivity contribution in [3.05, 3.63) is 35.1 Å². The molecule has 0 saturated heterocycles. The Kier molecular flexibility index (Phi) is 4.65. The lowest BCUT2D eigenvalue weighted by molar-refractivity contribution is -0.148. The zero-order valence-electron chi connectivity index (χ0n) is 11.3. The fourth-order valence-electron chi connectivity index (χ4n) is 2.27. The van der Waals surface area contributed by atoms with Crippen molar-refractivity contribution in [2.75, 3.05) is 13.6 Å². The molecule has 6 heteroatoms. The highest BCUT2D eigenvalue weighted by Gasteiger charge is 2.38. The van der Waals surface area contributed by atoms with Crippen LogP contribution in [0.1, 0.15) is 24.0 Å². The fourth-order valence-corrected chi connectivity index (χ4v) is 2.27. The molecule has 0 amide bonds. The van der Waals surface area contributed by atoms with Gasteiger partial charge in [-0.15, -0.1) is 0 Å². The van der Waals surface area contributed by atoms with E-state index >= 15 is 0 Å². The third kappa shape index (κ3) is 4.45. The molecule has 0 bridgehead atoms. The van der Waals surface area contributed by atoms with Crippen molar-refractivity contribution < 1.29 is 17.6 Å². The van der Waals surface area contributed by atoms with Crippen molar-refractivity contribution in [3.63, 3.8) is 0 Å². The van der Waals surface area contributed by atoms with E-state index in [0.717, 1.165) is 18.4 Å². The van der Waals surface area contributed by atoms with Crippen LogP contribution in [-0.2, 0) is 13.1 Å². The monoisotopic (exact) mass is 290 g/mol. The lowest BCUT2D eigenvalue weighted by atomic mass is 10.1. The number of hydrogen-bond donors (Lipinski definition) is 1. The summed E-state index contributed by atoms with van der Waals surface area (Å²) in [7, 11) is 1.77. The topological polar surface area (TPSA) is 15.3 Å². The highest BCUT2D eigenvalue weighted by atomic mass is 19.4.